The van der Waals surface area contributed by atoms with E-state index in [-0.39, 0.29) is 0 Å². The molecule has 0 aliphatic carbocycles. The van der Waals surface area contributed by atoms with Crippen molar-refractivity contribution in [1.82, 2.24) is 0 Å². The zero-order chi connectivity index (χ0) is 19.7. The van der Waals surface area contributed by atoms with Crippen LogP contribution in [0, 0.1) is 0 Å². The molecule has 0 spiro atoms. The first kappa shape index (κ1) is 26.1. The van der Waals surface area contributed by atoms with Gasteiger partial charge in [-0.05, 0) is 52.4 Å². The third kappa shape index (κ3) is 10.9. The van der Waals surface area contributed by atoms with Crippen LogP contribution in [-0.2, 0) is 20.6 Å². The summed E-state index contributed by atoms with van der Waals surface area (Å²) in [6.07, 6.45) is 1.97. The Hall–Kier alpha value is 1.10. The Morgan fingerprint density at radius 3 is 0.920 bits per heavy atom. The predicted molar refractivity (Wildman–Crippen MR) is 117 cm³/mol. The Labute approximate surface area is 165 Å². The van der Waals surface area contributed by atoms with Crippen LogP contribution in [0.1, 0.15) is 26.7 Å². The fraction of sp³-hybridized carbons (Fsp3) is 1.00. The molecule has 0 aliphatic rings. The van der Waals surface area contributed by atoms with E-state index in [0.29, 0.717) is 0 Å². The van der Waals surface area contributed by atoms with Gasteiger partial charge >= 0.3 is 17.6 Å². The monoisotopic (exact) mass is 454 g/mol. The summed E-state index contributed by atoms with van der Waals surface area (Å²) < 4.78 is 32.7. The minimum atomic E-state index is -2.79. The lowest BCUT2D eigenvalue weighted by molar-refractivity contribution is 0.181. The van der Waals surface area contributed by atoms with Gasteiger partial charge < -0.3 is 20.6 Å². The van der Waals surface area contributed by atoms with Gasteiger partial charge in [0.1, 0.15) is 0 Å². The molecule has 4 radical (unpaired) electrons. The van der Waals surface area contributed by atoms with Crippen molar-refractivity contribution in [2.24, 2.45) is 0 Å². The van der Waals surface area contributed by atoms with Crippen molar-refractivity contribution in [3.05, 3.63) is 0 Å². The van der Waals surface area contributed by atoms with E-state index in [2.05, 4.69) is 66.2 Å². The van der Waals surface area contributed by atoms with Crippen LogP contribution in [0.3, 0.4) is 0 Å². The van der Waals surface area contributed by atoms with E-state index in [1.54, 1.807) is 0 Å². The number of hydrogen-bond donors (Lipinski definition) is 0. The lowest BCUT2D eigenvalue weighted by Crippen LogP contribution is -2.62. The van der Waals surface area contributed by atoms with Crippen molar-refractivity contribution in [3.8, 4) is 0 Å². The number of hydrogen-bond acceptors (Lipinski definition) is 5. The second-order valence-corrected chi connectivity index (χ2v) is 22.1. The molecule has 0 aromatic heterocycles. The van der Waals surface area contributed by atoms with E-state index in [4.69, 9.17) is 20.6 Å². The Morgan fingerprint density at radius 2 is 0.760 bits per heavy atom. The molecule has 5 nitrogen and oxygen atoms in total. The largest absolute Gasteiger partial charge is 0.472 e. The first-order valence-electron chi connectivity index (χ1n) is 9.16. The third-order valence-electron chi connectivity index (χ3n) is 2.86. The smallest absolute Gasteiger partial charge is 0.416 e. The molecule has 0 atom stereocenters. The van der Waals surface area contributed by atoms with E-state index in [9.17, 15) is 0 Å². The third-order valence-corrected chi connectivity index (χ3v) is 19.1. The first-order valence-corrected chi connectivity index (χ1v) is 22.7. The highest BCUT2D eigenvalue weighted by molar-refractivity contribution is 6.85. The quantitative estimate of drug-likeness (QED) is 0.354. The van der Waals surface area contributed by atoms with Crippen molar-refractivity contribution < 1.29 is 20.6 Å². The summed E-state index contributed by atoms with van der Waals surface area (Å²) in [4.78, 5) is 0. The van der Waals surface area contributed by atoms with Crippen LogP contribution in [-0.4, -0.2) is 53.8 Å². The van der Waals surface area contributed by atoms with Gasteiger partial charge in [0.25, 0.3) is 0 Å². The molecule has 0 amide bonds. The average Bonchev–Trinajstić information content (AvgIpc) is 2.34. The summed E-state index contributed by atoms with van der Waals surface area (Å²) in [5.41, 5.74) is 0. The molecule has 0 aromatic rings. The molecular weight excluding hydrogens is 417 g/mol. The summed E-state index contributed by atoms with van der Waals surface area (Å²) in [5.74, 6) is 0. The van der Waals surface area contributed by atoms with Crippen LogP contribution in [0.15, 0.2) is 0 Å². The van der Waals surface area contributed by atoms with Crippen LogP contribution >= 0.6 is 0 Å². The Kier molecular flexibility index (Phi) is 13.1. The minimum Gasteiger partial charge on any atom is -0.416 e. The van der Waals surface area contributed by atoms with Gasteiger partial charge in [-0.3, -0.25) is 0 Å². The fourth-order valence-electron chi connectivity index (χ4n) is 2.52. The molecule has 0 aliphatic heterocycles. The topological polar surface area (TPSA) is 46.2 Å². The highest BCUT2D eigenvalue weighted by Gasteiger charge is 2.53. The van der Waals surface area contributed by atoms with E-state index >= 15 is 0 Å². The van der Waals surface area contributed by atoms with Crippen molar-refractivity contribution in [2.75, 3.05) is 0 Å². The second-order valence-electron chi connectivity index (χ2n) is 7.01. The zero-order valence-electron chi connectivity index (χ0n) is 17.9. The molecule has 0 heterocycles. The fourth-order valence-corrected chi connectivity index (χ4v) is 21.3. The maximum atomic E-state index is 6.84. The summed E-state index contributed by atoms with van der Waals surface area (Å²) in [6, 6.07) is 1.68. The molecule has 0 saturated heterocycles. The molecule has 0 unspecified atom stereocenters. The summed E-state index contributed by atoms with van der Waals surface area (Å²) in [5, 5.41) is 0. The predicted octanol–water partition coefficient (Wildman–Crippen LogP) is 4.77. The summed E-state index contributed by atoms with van der Waals surface area (Å²) >= 11 is 0. The van der Waals surface area contributed by atoms with Gasteiger partial charge in [-0.15, -0.1) is 0 Å². The van der Waals surface area contributed by atoms with Crippen molar-refractivity contribution >= 4 is 53.8 Å². The molecule has 0 bridgehead atoms. The van der Waals surface area contributed by atoms with Crippen molar-refractivity contribution in [2.45, 2.75) is 91.2 Å². The average molecular weight is 455 g/mol. The molecule has 0 saturated carbocycles. The highest BCUT2D eigenvalue weighted by atomic mass is 28.5. The van der Waals surface area contributed by atoms with Crippen LogP contribution in [0.2, 0.25) is 64.5 Å². The minimum absolute atomic E-state index is 0.842. The maximum absolute atomic E-state index is 6.84. The van der Waals surface area contributed by atoms with Gasteiger partial charge in [-0.1, -0.05) is 26.7 Å². The van der Waals surface area contributed by atoms with Crippen LogP contribution < -0.4 is 0 Å². The molecule has 148 valence electrons. The maximum Gasteiger partial charge on any atom is 0.472 e. The second kappa shape index (κ2) is 12.5. The normalized spacial score (nSPS) is 13.7. The Balaban J connectivity index is 5.86. The van der Waals surface area contributed by atoms with E-state index in [1.807, 2.05) is 0 Å². The Bertz CT molecular complexity index is 305. The molecule has 0 aromatic carbocycles. The van der Waals surface area contributed by atoms with Gasteiger partial charge in [0.2, 0.25) is 0 Å². The summed E-state index contributed by atoms with van der Waals surface area (Å²) in [6.45, 7) is 21.6. The van der Waals surface area contributed by atoms with E-state index in [0.717, 1.165) is 24.9 Å². The Morgan fingerprint density at radius 1 is 0.520 bits per heavy atom. The van der Waals surface area contributed by atoms with Gasteiger partial charge in [0.05, 0.1) is 0 Å². The van der Waals surface area contributed by atoms with Crippen LogP contribution in [0.25, 0.3) is 0 Å². The SMILES string of the molecule is CCC[Si](O[Si](C)C)(O[Si](C)C)O[Si](CCC)(O[Si](C)C)O[Si](C)C. The summed E-state index contributed by atoms with van der Waals surface area (Å²) in [7, 11) is -9.36. The molecule has 0 N–H and O–H groups in total. The van der Waals surface area contributed by atoms with Gasteiger partial charge in [0, 0.05) is 12.1 Å². The lowest BCUT2D eigenvalue weighted by atomic mass is 10.6. The van der Waals surface area contributed by atoms with Crippen LogP contribution in [0.5, 0.6) is 0 Å². The van der Waals surface area contributed by atoms with Crippen LogP contribution in [0.4, 0.5) is 0 Å². The zero-order valence-corrected chi connectivity index (χ0v) is 23.9. The van der Waals surface area contributed by atoms with Gasteiger partial charge in [0.15, 0.2) is 36.2 Å². The van der Waals surface area contributed by atoms with Crippen molar-refractivity contribution in [1.29, 1.82) is 0 Å². The van der Waals surface area contributed by atoms with E-state index in [1.165, 1.54) is 0 Å². The lowest BCUT2D eigenvalue weighted by Gasteiger charge is -2.42. The highest BCUT2D eigenvalue weighted by Crippen LogP contribution is 2.30. The standard InChI is InChI=1S/C14H38O5Si6/c1-11-13-24(15-20(3)4,16-21(5)6)19-25(14-12-2,17-22(7)8)18-23(9)10/h11-14H2,1-10H3. The van der Waals surface area contributed by atoms with Gasteiger partial charge in [-0.25, -0.2) is 0 Å². The van der Waals surface area contributed by atoms with Crippen molar-refractivity contribution in [3.63, 3.8) is 0 Å². The number of rotatable bonds is 14. The molecular formula is C14H38O5Si6. The van der Waals surface area contributed by atoms with E-state index < -0.39 is 53.8 Å². The molecule has 25 heavy (non-hydrogen) atoms. The first-order chi connectivity index (χ1) is 11.5. The molecule has 0 fully saturated rings. The molecule has 0 rings (SSSR count). The molecule has 11 heteroatoms. The van der Waals surface area contributed by atoms with Gasteiger partial charge in [-0.2, -0.15) is 0 Å².